The van der Waals surface area contributed by atoms with Crippen molar-refractivity contribution in [1.82, 2.24) is 9.97 Å². The van der Waals surface area contributed by atoms with Gasteiger partial charge < -0.3 is 10.2 Å². The largest absolute Gasteiger partial charge is 0.356 e. The second kappa shape index (κ2) is 8.86. The number of amides is 1. The highest BCUT2D eigenvalue weighted by atomic mass is 19.1. The first-order chi connectivity index (χ1) is 15.0. The molecular formula is C22H20FN5O3. The van der Waals surface area contributed by atoms with Crippen LogP contribution >= 0.6 is 0 Å². The lowest BCUT2D eigenvalue weighted by molar-refractivity contribution is -0.387. The van der Waals surface area contributed by atoms with Crippen LogP contribution in [0.2, 0.25) is 0 Å². The van der Waals surface area contributed by atoms with Crippen LogP contribution in [-0.2, 0) is 4.79 Å². The van der Waals surface area contributed by atoms with Crippen LogP contribution in [0.1, 0.15) is 12.8 Å². The molecular weight excluding hydrogens is 401 g/mol. The number of carbonyl (C=O) groups is 1. The molecule has 8 nitrogen and oxygen atoms in total. The Morgan fingerprint density at radius 1 is 1.10 bits per heavy atom. The van der Waals surface area contributed by atoms with Crippen LogP contribution in [0.5, 0.6) is 0 Å². The van der Waals surface area contributed by atoms with Gasteiger partial charge in [0.15, 0.2) is 0 Å². The maximum Gasteiger partial charge on any atom is 0.306 e. The Balaban J connectivity index is 1.38. The number of carbonyl (C=O) groups excluding carboxylic acids is 1. The van der Waals surface area contributed by atoms with Crippen molar-refractivity contribution in [3.63, 3.8) is 0 Å². The molecule has 158 valence electrons. The molecule has 2 heterocycles. The second-order valence-corrected chi connectivity index (χ2v) is 7.30. The topological polar surface area (TPSA) is 101 Å². The van der Waals surface area contributed by atoms with E-state index in [2.05, 4.69) is 20.2 Å². The van der Waals surface area contributed by atoms with Crippen LogP contribution < -0.4 is 10.2 Å². The molecule has 9 heteroatoms. The molecule has 1 aromatic heterocycles. The predicted octanol–water partition coefficient (Wildman–Crippen LogP) is 4.05. The van der Waals surface area contributed by atoms with Gasteiger partial charge in [0.2, 0.25) is 11.7 Å². The van der Waals surface area contributed by atoms with E-state index in [0.29, 0.717) is 25.9 Å². The SMILES string of the molecule is O=C(Nc1ccc(F)c([N+](=O)[O-])c1)C1CCN(c2cc(-c3ccccc3)ncn2)CC1. The van der Waals surface area contributed by atoms with Crippen molar-refractivity contribution in [2.75, 3.05) is 23.3 Å². The molecule has 0 atom stereocenters. The third-order valence-electron chi connectivity index (χ3n) is 5.32. The molecule has 0 bridgehead atoms. The minimum Gasteiger partial charge on any atom is -0.356 e. The van der Waals surface area contributed by atoms with Gasteiger partial charge in [0, 0.05) is 42.4 Å². The van der Waals surface area contributed by atoms with E-state index in [1.165, 1.54) is 12.4 Å². The number of nitrogens with zero attached hydrogens (tertiary/aromatic N) is 4. The van der Waals surface area contributed by atoms with Gasteiger partial charge in [0.05, 0.1) is 10.6 Å². The number of anilines is 2. The summed E-state index contributed by atoms with van der Waals surface area (Å²) in [5.74, 6) is -0.595. The Bertz CT molecular complexity index is 1100. The Morgan fingerprint density at radius 3 is 2.55 bits per heavy atom. The number of piperidine rings is 1. The van der Waals surface area contributed by atoms with E-state index in [1.807, 2.05) is 36.4 Å². The van der Waals surface area contributed by atoms with Gasteiger partial charge in [-0.15, -0.1) is 0 Å². The van der Waals surface area contributed by atoms with Crippen molar-refractivity contribution >= 4 is 23.1 Å². The van der Waals surface area contributed by atoms with Crippen molar-refractivity contribution in [2.24, 2.45) is 5.92 Å². The maximum atomic E-state index is 13.5. The number of nitro benzene ring substituents is 1. The number of rotatable bonds is 5. The van der Waals surface area contributed by atoms with E-state index in [9.17, 15) is 19.3 Å². The normalized spacial score (nSPS) is 14.3. The van der Waals surface area contributed by atoms with Crippen LogP contribution in [0.15, 0.2) is 60.9 Å². The van der Waals surface area contributed by atoms with Crippen molar-refractivity contribution in [3.8, 4) is 11.3 Å². The number of nitro groups is 1. The van der Waals surface area contributed by atoms with Crippen molar-refractivity contribution in [2.45, 2.75) is 12.8 Å². The van der Waals surface area contributed by atoms with Gasteiger partial charge in [-0.1, -0.05) is 30.3 Å². The molecule has 0 aliphatic carbocycles. The first-order valence-corrected chi connectivity index (χ1v) is 9.88. The summed E-state index contributed by atoms with van der Waals surface area (Å²) in [6.45, 7) is 1.29. The minimum atomic E-state index is -0.934. The molecule has 0 unspecified atom stereocenters. The zero-order chi connectivity index (χ0) is 21.8. The molecule has 0 radical (unpaired) electrons. The summed E-state index contributed by atoms with van der Waals surface area (Å²) < 4.78 is 13.5. The zero-order valence-electron chi connectivity index (χ0n) is 16.6. The number of hydrogen-bond acceptors (Lipinski definition) is 6. The van der Waals surface area contributed by atoms with Crippen molar-refractivity contribution < 1.29 is 14.1 Å². The summed E-state index contributed by atoms with van der Waals surface area (Å²) in [7, 11) is 0. The Kier molecular flexibility index (Phi) is 5.83. The Labute approximate surface area is 177 Å². The van der Waals surface area contributed by atoms with Gasteiger partial charge in [-0.05, 0) is 25.0 Å². The molecule has 31 heavy (non-hydrogen) atoms. The molecule has 3 aromatic rings. The number of nitrogens with one attached hydrogen (secondary N) is 1. The fourth-order valence-corrected chi connectivity index (χ4v) is 3.63. The third-order valence-corrected chi connectivity index (χ3v) is 5.32. The van der Waals surface area contributed by atoms with Crippen LogP contribution in [0.25, 0.3) is 11.3 Å². The van der Waals surface area contributed by atoms with Gasteiger partial charge >= 0.3 is 5.69 Å². The third kappa shape index (κ3) is 4.66. The molecule has 1 aliphatic rings. The second-order valence-electron chi connectivity index (χ2n) is 7.30. The number of hydrogen-bond donors (Lipinski definition) is 1. The summed E-state index contributed by atoms with van der Waals surface area (Å²) in [4.78, 5) is 33.5. The van der Waals surface area contributed by atoms with Gasteiger partial charge in [-0.25, -0.2) is 9.97 Å². The molecule has 4 rings (SSSR count). The lowest BCUT2D eigenvalue weighted by atomic mass is 9.95. The van der Waals surface area contributed by atoms with Gasteiger partial charge in [-0.3, -0.25) is 14.9 Å². The fourth-order valence-electron chi connectivity index (χ4n) is 3.63. The van der Waals surface area contributed by atoms with Crippen LogP contribution in [0.3, 0.4) is 0 Å². The lowest BCUT2D eigenvalue weighted by Gasteiger charge is -2.32. The predicted molar refractivity (Wildman–Crippen MR) is 114 cm³/mol. The van der Waals surface area contributed by atoms with Crippen LogP contribution in [-0.4, -0.2) is 33.9 Å². The minimum absolute atomic E-state index is 0.212. The molecule has 1 N–H and O–H groups in total. The molecule has 1 fully saturated rings. The summed E-state index contributed by atoms with van der Waals surface area (Å²) >= 11 is 0. The van der Waals surface area contributed by atoms with E-state index in [1.54, 1.807) is 0 Å². The fraction of sp³-hybridized carbons (Fsp3) is 0.227. The van der Waals surface area contributed by atoms with E-state index in [0.717, 1.165) is 29.2 Å². The number of aromatic nitrogens is 2. The molecule has 2 aromatic carbocycles. The Morgan fingerprint density at radius 2 is 1.84 bits per heavy atom. The highest BCUT2D eigenvalue weighted by Gasteiger charge is 2.26. The summed E-state index contributed by atoms with van der Waals surface area (Å²) in [5, 5.41) is 13.5. The maximum absolute atomic E-state index is 13.5. The van der Waals surface area contributed by atoms with E-state index in [4.69, 9.17) is 0 Å². The molecule has 1 saturated heterocycles. The molecule has 0 spiro atoms. The highest BCUT2D eigenvalue weighted by molar-refractivity contribution is 5.93. The van der Waals surface area contributed by atoms with E-state index < -0.39 is 16.4 Å². The Hall–Kier alpha value is -3.88. The summed E-state index contributed by atoms with van der Waals surface area (Å²) in [6, 6.07) is 15.1. The van der Waals surface area contributed by atoms with E-state index in [-0.39, 0.29) is 17.5 Å². The summed E-state index contributed by atoms with van der Waals surface area (Å²) in [6.07, 6.45) is 2.76. The van der Waals surface area contributed by atoms with Crippen molar-refractivity contribution in [1.29, 1.82) is 0 Å². The first kappa shape index (κ1) is 20.4. The van der Waals surface area contributed by atoms with E-state index >= 15 is 0 Å². The first-order valence-electron chi connectivity index (χ1n) is 9.88. The lowest BCUT2D eigenvalue weighted by Crippen LogP contribution is -2.38. The van der Waals surface area contributed by atoms with Gasteiger partial charge in [0.25, 0.3) is 0 Å². The van der Waals surface area contributed by atoms with Crippen LogP contribution in [0, 0.1) is 21.8 Å². The van der Waals surface area contributed by atoms with Gasteiger partial charge in [0.1, 0.15) is 12.1 Å². The smallest absolute Gasteiger partial charge is 0.306 e. The van der Waals surface area contributed by atoms with Gasteiger partial charge in [-0.2, -0.15) is 4.39 Å². The quantitative estimate of drug-likeness (QED) is 0.493. The average molecular weight is 421 g/mol. The molecule has 1 aliphatic heterocycles. The number of benzene rings is 2. The molecule has 1 amide bonds. The monoisotopic (exact) mass is 421 g/mol. The van der Waals surface area contributed by atoms with Crippen molar-refractivity contribution in [3.05, 3.63) is 76.9 Å². The summed E-state index contributed by atoms with van der Waals surface area (Å²) in [5.41, 5.74) is 1.40. The van der Waals surface area contributed by atoms with Crippen LogP contribution in [0.4, 0.5) is 21.6 Å². The number of halogens is 1. The molecule has 0 saturated carbocycles. The standard InChI is InChI=1S/C22H20FN5O3/c23-18-7-6-17(12-20(18)28(30)31)26-22(29)16-8-10-27(11-9-16)21-13-19(24-14-25-21)15-4-2-1-3-5-15/h1-7,12-14,16H,8-11H2,(H,26,29). The average Bonchev–Trinajstić information content (AvgIpc) is 2.81. The highest BCUT2D eigenvalue weighted by Crippen LogP contribution is 2.27. The zero-order valence-corrected chi connectivity index (χ0v) is 16.6.